The number of ketones is 1. The summed E-state index contributed by atoms with van der Waals surface area (Å²) in [6.07, 6.45) is 5.70. The highest BCUT2D eigenvalue weighted by atomic mass is 16.5. The average molecular weight is 268 g/mol. The van der Waals surface area contributed by atoms with E-state index in [-0.39, 0.29) is 17.4 Å². The van der Waals surface area contributed by atoms with Crippen molar-refractivity contribution in [1.29, 1.82) is 0 Å². The average Bonchev–Trinajstić information content (AvgIpc) is 2.48. The Bertz CT molecular complexity index is 311. The quantitative estimate of drug-likeness (QED) is 0.768. The van der Waals surface area contributed by atoms with Gasteiger partial charge >= 0.3 is 0 Å². The summed E-state index contributed by atoms with van der Waals surface area (Å²) >= 11 is 0. The Kier molecular flexibility index (Phi) is 4.20. The van der Waals surface area contributed by atoms with Gasteiger partial charge in [-0.05, 0) is 38.5 Å². The Hall–Kier alpha value is -0.450. The van der Waals surface area contributed by atoms with Crippen LogP contribution >= 0.6 is 0 Å². The molecule has 3 aliphatic rings. The molecule has 3 saturated heterocycles. The molecule has 3 heterocycles. The monoisotopic (exact) mass is 268 g/mol. The third-order valence-electron chi connectivity index (χ3n) is 4.86. The molecule has 2 atom stereocenters. The van der Waals surface area contributed by atoms with Crippen molar-refractivity contribution in [2.75, 3.05) is 33.0 Å². The Morgan fingerprint density at radius 2 is 1.79 bits per heavy atom. The molecule has 0 aliphatic carbocycles. The molecule has 1 spiro atoms. The van der Waals surface area contributed by atoms with Gasteiger partial charge in [0.15, 0.2) is 0 Å². The maximum atomic E-state index is 12.6. The van der Waals surface area contributed by atoms with Crippen molar-refractivity contribution in [3.05, 3.63) is 0 Å². The number of hydrogen-bond donors (Lipinski definition) is 0. The largest absolute Gasteiger partial charge is 0.381 e. The highest BCUT2D eigenvalue weighted by Crippen LogP contribution is 2.38. The van der Waals surface area contributed by atoms with E-state index in [1.807, 2.05) is 0 Å². The molecule has 4 heteroatoms. The van der Waals surface area contributed by atoms with Gasteiger partial charge in [-0.15, -0.1) is 0 Å². The summed E-state index contributed by atoms with van der Waals surface area (Å²) in [5.41, 5.74) is -0.0770. The zero-order chi connectivity index (χ0) is 13.1. The molecule has 0 aromatic rings. The van der Waals surface area contributed by atoms with Crippen LogP contribution in [0.15, 0.2) is 0 Å². The molecule has 0 saturated carbocycles. The molecule has 3 aliphatic heterocycles. The number of carbonyl (C=O) groups is 1. The number of ether oxygens (including phenoxy) is 3. The van der Waals surface area contributed by atoms with Crippen molar-refractivity contribution < 1.29 is 19.0 Å². The second-order valence-corrected chi connectivity index (χ2v) is 6.15. The molecule has 19 heavy (non-hydrogen) atoms. The lowest BCUT2D eigenvalue weighted by atomic mass is 9.76. The van der Waals surface area contributed by atoms with Crippen LogP contribution in [0, 0.1) is 11.8 Å². The van der Waals surface area contributed by atoms with Crippen LogP contribution in [0.25, 0.3) is 0 Å². The molecular formula is C15H24O4. The predicted octanol–water partition coefficient (Wildman–Crippen LogP) is 1.96. The first-order valence-corrected chi connectivity index (χ1v) is 7.62. The molecular weight excluding hydrogens is 244 g/mol. The van der Waals surface area contributed by atoms with Crippen molar-refractivity contribution >= 4 is 5.78 Å². The zero-order valence-corrected chi connectivity index (χ0v) is 11.6. The van der Waals surface area contributed by atoms with Gasteiger partial charge in [0.05, 0.1) is 12.2 Å². The number of rotatable bonds is 2. The first-order valence-electron chi connectivity index (χ1n) is 7.62. The molecule has 3 rings (SSSR count). The van der Waals surface area contributed by atoms with Crippen LogP contribution in [0.1, 0.15) is 38.5 Å². The smallest absolute Gasteiger partial charge is 0.141 e. The standard InChI is InChI=1S/C15H24O4/c16-14(13-2-1-6-18-11-13)12-3-7-19-15(10-12)4-8-17-9-5-15/h12-13H,1-11H2. The summed E-state index contributed by atoms with van der Waals surface area (Å²) in [7, 11) is 0. The zero-order valence-electron chi connectivity index (χ0n) is 11.6. The Morgan fingerprint density at radius 1 is 0.947 bits per heavy atom. The maximum absolute atomic E-state index is 12.6. The molecule has 4 nitrogen and oxygen atoms in total. The lowest BCUT2D eigenvalue weighted by Crippen LogP contribution is -2.47. The molecule has 0 radical (unpaired) electrons. The molecule has 2 unspecified atom stereocenters. The Labute approximate surface area is 114 Å². The molecule has 0 aromatic heterocycles. The fourth-order valence-corrected chi connectivity index (χ4v) is 3.66. The van der Waals surface area contributed by atoms with Crippen molar-refractivity contribution in [1.82, 2.24) is 0 Å². The van der Waals surface area contributed by atoms with Gasteiger partial charge in [-0.25, -0.2) is 0 Å². The Morgan fingerprint density at radius 3 is 2.53 bits per heavy atom. The minimum Gasteiger partial charge on any atom is -0.381 e. The van der Waals surface area contributed by atoms with E-state index >= 15 is 0 Å². The number of Topliss-reactive ketones (excluding diaryl/α,β-unsaturated/α-hetero) is 1. The van der Waals surface area contributed by atoms with Crippen LogP contribution in [0.3, 0.4) is 0 Å². The van der Waals surface area contributed by atoms with E-state index in [4.69, 9.17) is 14.2 Å². The summed E-state index contributed by atoms with van der Waals surface area (Å²) in [6, 6.07) is 0. The normalized spacial score (nSPS) is 35.2. The van der Waals surface area contributed by atoms with Gasteiger partial charge in [0.1, 0.15) is 5.78 Å². The van der Waals surface area contributed by atoms with Crippen LogP contribution in [-0.2, 0) is 19.0 Å². The minimum atomic E-state index is -0.0770. The van der Waals surface area contributed by atoms with Gasteiger partial charge in [-0.3, -0.25) is 4.79 Å². The lowest BCUT2D eigenvalue weighted by Gasteiger charge is -2.43. The summed E-state index contributed by atoms with van der Waals surface area (Å²) in [6.45, 7) is 3.72. The van der Waals surface area contributed by atoms with Gasteiger partial charge in [0, 0.05) is 38.3 Å². The highest BCUT2D eigenvalue weighted by molar-refractivity contribution is 5.83. The second-order valence-electron chi connectivity index (χ2n) is 6.15. The summed E-state index contributed by atoms with van der Waals surface area (Å²) < 4.78 is 16.9. The van der Waals surface area contributed by atoms with E-state index < -0.39 is 0 Å². The van der Waals surface area contributed by atoms with Crippen LogP contribution in [0.5, 0.6) is 0 Å². The third-order valence-corrected chi connectivity index (χ3v) is 4.86. The lowest BCUT2D eigenvalue weighted by molar-refractivity contribution is -0.160. The van der Waals surface area contributed by atoms with Crippen molar-refractivity contribution in [2.45, 2.75) is 44.1 Å². The van der Waals surface area contributed by atoms with E-state index in [1.54, 1.807) is 0 Å². The Balaban J connectivity index is 1.62. The number of hydrogen-bond acceptors (Lipinski definition) is 4. The molecule has 3 fully saturated rings. The topological polar surface area (TPSA) is 44.8 Å². The first kappa shape index (κ1) is 13.5. The van der Waals surface area contributed by atoms with E-state index in [0.29, 0.717) is 12.4 Å². The third kappa shape index (κ3) is 3.01. The van der Waals surface area contributed by atoms with Crippen molar-refractivity contribution in [3.63, 3.8) is 0 Å². The van der Waals surface area contributed by atoms with Crippen LogP contribution in [0.4, 0.5) is 0 Å². The van der Waals surface area contributed by atoms with E-state index in [0.717, 1.165) is 65.0 Å². The van der Waals surface area contributed by atoms with Gasteiger partial charge in [-0.2, -0.15) is 0 Å². The van der Waals surface area contributed by atoms with Crippen LogP contribution in [-0.4, -0.2) is 44.4 Å². The predicted molar refractivity (Wildman–Crippen MR) is 70.0 cm³/mol. The van der Waals surface area contributed by atoms with Crippen LogP contribution < -0.4 is 0 Å². The fourth-order valence-electron chi connectivity index (χ4n) is 3.66. The SMILES string of the molecule is O=C(C1CCCOC1)C1CCOC2(CCOCC2)C1. The van der Waals surface area contributed by atoms with E-state index in [9.17, 15) is 4.79 Å². The van der Waals surface area contributed by atoms with E-state index in [1.165, 1.54) is 0 Å². The van der Waals surface area contributed by atoms with Gasteiger partial charge in [0.25, 0.3) is 0 Å². The maximum Gasteiger partial charge on any atom is 0.141 e. The molecule has 0 bridgehead atoms. The molecule has 108 valence electrons. The minimum absolute atomic E-state index is 0.0770. The number of carbonyl (C=O) groups excluding carboxylic acids is 1. The first-order chi connectivity index (χ1) is 9.29. The van der Waals surface area contributed by atoms with E-state index in [2.05, 4.69) is 0 Å². The summed E-state index contributed by atoms with van der Waals surface area (Å²) in [4.78, 5) is 12.6. The van der Waals surface area contributed by atoms with Crippen LogP contribution in [0.2, 0.25) is 0 Å². The fraction of sp³-hybridized carbons (Fsp3) is 0.933. The molecule has 0 amide bonds. The molecule has 0 aromatic carbocycles. The van der Waals surface area contributed by atoms with Crippen molar-refractivity contribution in [2.24, 2.45) is 11.8 Å². The van der Waals surface area contributed by atoms with Gasteiger partial charge < -0.3 is 14.2 Å². The van der Waals surface area contributed by atoms with Gasteiger partial charge in [0.2, 0.25) is 0 Å². The second kappa shape index (κ2) is 5.90. The summed E-state index contributed by atoms with van der Waals surface area (Å²) in [5.74, 6) is 0.737. The summed E-state index contributed by atoms with van der Waals surface area (Å²) in [5, 5.41) is 0. The van der Waals surface area contributed by atoms with Gasteiger partial charge in [-0.1, -0.05) is 0 Å². The van der Waals surface area contributed by atoms with Crippen molar-refractivity contribution in [3.8, 4) is 0 Å². The molecule has 0 N–H and O–H groups in total. The highest BCUT2D eigenvalue weighted by Gasteiger charge is 2.42.